The van der Waals surface area contributed by atoms with E-state index in [4.69, 9.17) is 9.47 Å². The lowest BCUT2D eigenvalue weighted by Crippen LogP contribution is -2.54. The van der Waals surface area contributed by atoms with Crippen molar-refractivity contribution in [3.05, 3.63) is 30.1 Å². The Bertz CT molecular complexity index is 418. The lowest BCUT2D eigenvalue weighted by molar-refractivity contribution is -0.180. The van der Waals surface area contributed by atoms with Crippen LogP contribution in [0.3, 0.4) is 0 Å². The molecule has 4 nitrogen and oxygen atoms in total. The van der Waals surface area contributed by atoms with Gasteiger partial charge in [-0.2, -0.15) is 0 Å². The normalized spacial score (nSPS) is 17.1. The van der Waals surface area contributed by atoms with Crippen LogP contribution >= 0.6 is 0 Å². The molecule has 5 heteroatoms. The van der Waals surface area contributed by atoms with E-state index in [9.17, 15) is 9.18 Å². The highest BCUT2D eigenvalue weighted by Crippen LogP contribution is 2.29. The fraction of sp³-hybridized carbons (Fsp3) is 0.417. The minimum Gasteiger partial charge on any atom is -0.468 e. The van der Waals surface area contributed by atoms with E-state index in [1.807, 2.05) is 0 Å². The van der Waals surface area contributed by atoms with Crippen LogP contribution in [0, 0.1) is 11.2 Å². The molecule has 2 rings (SSSR count). The second kappa shape index (κ2) is 4.71. The van der Waals surface area contributed by atoms with Crippen LogP contribution in [0.15, 0.2) is 24.3 Å². The molecule has 0 aliphatic carbocycles. The maximum Gasteiger partial charge on any atom is 0.318 e. The Morgan fingerprint density at radius 1 is 1.59 bits per heavy atom. The number of methoxy groups -OCH3 is 1. The molecular weight excluding hydrogens is 225 g/mol. The van der Waals surface area contributed by atoms with Crippen molar-refractivity contribution in [1.82, 2.24) is 0 Å². The smallest absolute Gasteiger partial charge is 0.318 e. The fourth-order valence-corrected chi connectivity index (χ4v) is 1.73. The van der Waals surface area contributed by atoms with Crippen molar-refractivity contribution in [2.45, 2.75) is 0 Å². The number of hydrogen-bond acceptors (Lipinski definition) is 4. The predicted octanol–water partition coefficient (Wildman–Crippen LogP) is 1.43. The summed E-state index contributed by atoms with van der Waals surface area (Å²) in [7, 11) is 1.35. The Morgan fingerprint density at radius 3 is 2.88 bits per heavy atom. The number of carbonyl (C=O) groups excluding carboxylic acids is 1. The number of benzene rings is 1. The number of esters is 1. The van der Waals surface area contributed by atoms with Crippen LogP contribution in [0.25, 0.3) is 0 Å². The maximum absolute atomic E-state index is 13.0. The molecule has 0 saturated carbocycles. The lowest BCUT2D eigenvalue weighted by Gasteiger charge is -2.38. The minimum absolute atomic E-state index is 0.298. The van der Waals surface area contributed by atoms with Crippen LogP contribution < -0.4 is 5.32 Å². The van der Waals surface area contributed by atoms with Gasteiger partial charge in [-0.3, -0.25) is 4.79 Å². The Morgan fingerprint density at radius 2 is 2.35 bits per heavy atom. The zero-order valence-corrected chi connectivity index (χ0v) is 9.53. The van der Waals surface area contributed by atoms with E-state index < -0.39 is 5.41 Å². The molecule has 17 heavy (non-hydrogen) atoms. The highest BCUT2D eigenvalue weighted by molar-refractivity contribution is 5.78. The van der Waals surface area contributed by atoms with Crippen molar-refractivity contribution in [3.63, 3.8) is 0 Å². The van der Waals surface area contributed by atoms with Gasteiger partial charge in [-0.1, -0.05) is 6.07 Å². The van der Waals surface area contributed by atoms with E-state index in [1.165, 1.54) is 19.2 Å². The number of halogens is 1. The fourth-order valence-electron chi connectivity index (χ4n) is 1.73. The molecule has 0 unspecified atom stereocenters. The molecule has 1 heterocycles. The number of hydrogen-bond donors (Lipinski definition) is 1. The topological polar surface area (TPSA) is 47.6 Å². The van der Waals surface area contributed by atoms with Crippen LogP contribution in [0.4, 0.5) is 10.1 Å². The van der Waals surface area contributed by atoms with Gasteiger partial charge in [-0.15, -0.1) is 0 Å². The molecule has 1 N–H and O–H groups in total. The summed E-state index contributed by atoms with van der Waals surface area (Å²) in [5.74, 6) is -0.611. The first kappa shape index (κ1) is 11.9. The molecule has 1 aliphatic rings. The van der Waals surface area contributed by atoms with Crippen molar-refractivity contribution in [2.75, 3.05) is 32.2 Å². The average molecular weight is 239 g/mol. The summed E-state index contributed by atoms with van der Waals surface area (Å²) in [4.78, 5) is 11.6. The summed E-state index contributed by atoms with van der Waals surface area (Å²) < 4.78 is 22.7. The second-order valence-electron chi connectivity index (χ2n) is 4.13. The van der Waals surface area contributed by atoms with Crippen LogP contribution in [-0.4, -0.2) is 32.8 Å². The first-order valence-electron chi connectivity index (χ1n) is 5.32. The summed E-state index contributed by atoms with van der Waals surface area (Å²) in [6.45, 7) is 1.05. The molecule has 1 aliphatic heterocycles. The van der Waals surface area contributed by atoms with Gasteiger partial charge in [-0.05, 0) is 18.2 Å². The molecule has 0 radical (unpaired) electrons. The SMILES string of the molecule is COC(=O)C1(CNc2cccc(F)c2)COC1. The molecule has 0 bridgehead atoms. The van der Waals surface area contributed by atoms with Crippen molar-refractivity contribution in [1.29, 1.82) is 0 Å². The van der Waals surface area contributed by atoms with Gasteiger partial charge in [-0.25, -0.2) is 4.39 Å². The van der Waals surface area contributed by atoms with E-state index in [0.29, 0.717) is 25.4 Å². The van der Waals surface area contributed by atoms with Crippen LogP contribution in [0.1, 0.15) is 0 Å². The first-order chi connectivity index (χ1) is 8.16. The second-order valence-corrected chi connectivity index (χ2v) is 4.13. The number of ether oxygens (including phenoxy) is 2. The monoisotopic (exact) mass is 239 g/mol. The van der Waals surface area contributed by atoms with E-state index >= 15 is 0 Å². The summed E-state index contributed by atoms with van der Waals surface area (Å²) in [6.07, 6.45) is 0. The largest absolute Gasteiger partial charge is 0.468 e. The number of anilines is 1. The zero-order chi connectivity index (χ0) is 12.3. The summed E-state index contributed by atoms with van der Waals surface area (Å²) >= 11 is 0. The Balaban J connectivity index is 1.99. The van der Waals surface area contributed by atoms with Gasteiger partial charge in [0.25, 0.3) is 0 Å². The lowest BCUT2D eigenvalue weighted by atomic mass is 9.86. The number of carbonyl (C=O) groups is 1. The van der Waals surface area contributed by atoms with Gasteiger partial charge in [0.1, 0.15) is 11.2 Å². The highest BCUT2D eigenvalue weighted by atomic mass is 19.1. The highest BCUT2D eigenvalue weighted by Gasteiger charge is 2.47. The quantitative estimate of drug-likeness (QED) is 0.807. The Labute approximate surface area is 98.7 Å². The molecular formula is C12H14FNO3. The van der Waals surface area contributed by atoms with Gasteiger partial charge in [0.2, 0.25) is 0 Å². The molecule has 1 saturated heterocycles. The summed E-state index contributed by atoms with van der Waals surface area (Å²) in [6, 6.07) is 6.10. The third-order valence-corrected chi connectivity index (χ3v) is 2.83. The van der Waals surface area contributed by atoms with Crippen LogP contribution in [0.5, 0.6) is 0 Å². The molecule has 1 aromatic rings. The van der Waals surface area contributed by atoms with Crippen molar-refractivity contribution < 1.29 is 18.7 Å². The van der Waals surface area contributed by atoms with E-state index in [0.717, 1.165) is 0 Å². The van der Waals surface area contributed by atoms with E-state index in [1.54, 1.807) is 12.1 Å². The van der Waals surface area contributed by atoms with Gasteiger partial charge >= 0.3 is 5.97 Å². The standard InChI is InChI=1S/C12H14FNO3/c1-16-11(15)12(7-17-8-12)6-14-10-4-2-3-9(13)5-10/h2-5,14H,6-8H2,1H3. The van der Waals surface area contributed by atoms with Crippen molar-refractivity contribution in [3.8, 4) is 0 Å². The Hall–Kier alpha value is -1.62. The molecule has 0 amide bonds. The van der Waals surface area contributed by atoms with Gasteiger partial charge in [0.15, 0.2) is 0 Å². The Kier molecular flexibility index (Phi) is 3.28. The van der Waals surface area contributed by atoms with Gasteiger partial charge in [0.05, 0.1) is 20.3 Å². The molecule has 1 fully saturated rings. The maximum atomic E-state index is 13.0. The third-order valence-electron chi connectivity index (χ3n) is 2.83. The first-order valence-corrected chi connectivity index (χ1v) is 5.32. The zero-order valence-electron chi connectivity index (χ0n) is 9.53. The summed E-state index contributed by atoms with van der Waals surface area (Å²) in [5.41, 5.74) is 0.00122. The number of nitrogens with one attached hydrogen (secondary N) is 1. The molecule has 92 valence electrons. The molecule has 1 aromatic carbocycles. The van der Waals surface area contributed by atoms with Crippen molar-refractivity contribution >= 4 is 11.7 Å². The summed E-state index contributed by atoms with van der Waals surface area (Å²) in [5, 5.41) is 3.02. The predicted molar refractivity (Wildman–Crippen MR) is 60.2 cm³/mol. The molecule has 0 aromatic heterocycles. The third kappa shape index (κ3) is 2.39. The van der Waals surface area contributed by atoms with Crippen LogP contribution in [0.2, 0.25) is 0 Å². The molecule has 0 spiro atoms. The number of rotatable bonds is 4. The van der Waals surface area contributed by atoms with E-state index in [-0.39, 0.29) is 11.8 Å². The average Bonchev–Trinajstić information content (AvgIpc) is 2.27. The molecule has 0 atom stereocenters. The van der Waals surface area contributed by atoms with Crippen LogP contribution in [-0.2, 0) is 14.3 Å². The van der Waals surface area contributed by atoms with E-state index in [2.05, 4.69) is 5.32 Å². The van der Waals surface area contributed by atoms with Crippen molar-refractivity contribution in [2.24, 2.45) is 5.41 Å². The minimum atomic E-state index is -0.638. The van der Waals surface area contributed by atoms with Gasteiger partial charge in [0, 0.05) is 12.2 Å². The van der Waals surface area contributed by atoms with Gasteiger partial charge < -0.3 is 14.8 Å².